The minimum atomic E-state index is -0.161. The minimum absolute atomic E-state index is 0.0187. The molecule has 1 fully saturated rings. The van der Waals surface area contributed by atoms with Crippen LogP contribution >= 0.6 is 0 Å². The van der Waals surface area contributed by atoms with Crippen LogP contribution in [-0.2, 0) is 14.3 Å². The van der Waals surface area contributed by atoms with Gasteiger partial charge in [0.15, 0.2) is 0 Å². The van der Waals surface area contributed by atoms with E-state index in [9.17, 15) is 4.79 Å². The number of hydrogen-bond acceptors (Lipinski definition) is 4. The van der Waals surface area contributed by atoms with Crippen molar-refractivity contribution in [3.8, 4) is 0 Å². The summed E-state index contributed by atoms with van der Waals surface area (Å²) in [5, 5.41) is 6.16. The Balaban J connectivity index is 2.15. The van der Waals surface area contributed by atoms with E-state index in [4.69, 9.17) is 9.47 Å². The molecule has 1 heterocycles. The molecule has 1 amide bonds. The maximum Gasteiger partial charge on any atom is 0.246 e. The predicted molar refractivity (Wildman–Crippen MR) is 70.5 cm³/mol. The van der Waals surface area contributed by atoms with Crippen LogP contribution in [0, 0.1) is 0 Å². The summed E-state index contributed by atoms with van der Waals surface area (Å²) >= 11 is 0. The molecule has 1 rings (SSSR count). The van der Waals surface area contributed by atoms with Gasteiger partial charge in [0.1, 0.15) is 6.61 Å². The highest BCUT2D eigenvalue weighted by Crippen LogP contribution is 2.15. The van der Waals surface area contributed by atoms with Gasteiger partial charge in [0, 0.05) is 19.1 Å². The van der Waals surface area contributed by atoms with E-state index in [0.29, 0.717) is 6.61 Å². The second kappa shape index (κ2) is 7.07. The van der Waals surface area contributed by atoms with Crippen LogP contribution in [0.1, 0.15) is 34.1 Å². The van der Waals surface area contributed by atoms with Crippen molar-refractivity contribution in [1.82, 2.24) is 10.6 Å². The van der Waals surface area contributed by atoms with Gasteiger partial charge in [-0.15, -0.1) is 0 Å². The number of hydrogen-bond donors (Lipinski definition) is 2. The van der Waals surface area contributed by atoms with Crippen molar-refractivity contribution in [2.45, 2.75) is 51.9 Å². The zero-order valence-electron chi connectivity index (χ0n) is 11.9. The van der Waals surface area contributed by atoms with Gasteiger partial charge in [-0.1, -0.05) is 6.92 Å². The molecule has 106 valence electrons. The maximum absolute atomic E-state index is 11.5. The molecule has 0 spiro atoms. The quantitative estimate of drug-likeness (QED) is 0.736. The highest BCUT2D eigenvalue weighted by molar-refractivity contribution is 5.77. The lowest BCUT2D eigenvalue weighted by Gasteiger charge is -2.36. The van der Waals surface area contributed by atoms with Crippen LogP contribution < -0.4 is 10.6 Å². The van der Waals surface area contributed by atoms with Crippen LogP contribution in [0.3, 0.4) is 0 Å². The number of carbonyl (C=O) groups is 1. The first-order valence-corrected chi connectivity index (χ1v) is 6.68. The van der Waals surface area contributed by atoms with Gasteiger partial charge in [0.25, 0.3) is 0 Å². The number of ether oxygens (including phenoxy) is 2. The van der Waals surface area contributed by atoms with Gasteiger partial charge < -0.3 is 20.1 Å². The molecule has 0 aliphatic carbocycles. The van der Waals surface area contributed by atoms with Gasteiger partial charge in [-0.3, -0.25) is 4.79 Å². The number of morpholine rings is 1. The molecule has 1 aliphatic rings. The number of carbonyl (C=O) groups excluding carboxylic acids is 1. The average molecular weight is 258 g/mol. The first-order chi connectivity index (χ1) is 8.43. The van der Waals surface area contributed by atoms with Gasteiger partial charge in [0.2, 0.25) is 5.91 Å². The largest absolute Gasteiger partial charge is 0.369 e. The van der Waals surface area contributed by atoms with Crippen molar-refractivity contribution in [3.05, 3.63) is 0 Å². The molecule has 5 nitrogen and oxygen atoms in total. The van der Waals surface area contributed by atoms with E-state index in [1.165, 1.54) is 0 Å². The smallest absolute Gasteiger partial charge is 0.246 e. The highest BCUT2D eigenvalue weighted by atomic mass is 16.5. The number of amides is 1. The molecule has 1 aliphatic heterocycles. The molecule has 0 aromatic rings. The molecule has 18 heavy (non-hydrogen) atoms. The Labute approximate surface area is 110 Å². The summed E-state index contributed by atoms with van der Waals surface area (Å²) in [6.07, 6.45) is 0.945. The summed E-state index contributed by atoms with van der Waals surface area (Å²) in [5.41, 5.74) is -0.161. The lowest BCUT2D eigenvalue weighted by molar-refractivity contribution is -0.136. The fourth-order valence-corrected chi connectivity index (χ4v) is 1.86. The van der Waals surface area contributed by atoms with E-state index in [-0.39, 0.29) is 30.3 Å². The summed E-state index contributed by atoms with van der Waals surface area (Å²) in [6, 6.07) is 0.202. The third-order valence-corrected chi connectivity index (χ3v) is 2.97. The van der Waals surface area contributed by atoms with E-state index in [0.717, 1.165) is 19.5 Å². The fourth-order valence-electron chi connectivity index (χ4n) is 1.86. The van der Waals surface area contributed by atoms with Crippen molar-refractivity contribution < 1.29 is 14.3 Å². The maximum atomic E-state index is 11.5. The first-order valence-electron chi connectivity index (χ1n) is 6.68. The van der Waals surface area contributed by atoms with Crippen LogP contribution in [0.5, 0.6) is 0 Å². The normalized spacial score (nSPS) is 24.6. The van der Waals surface area contributed by atoms with Gasteiger partial charge in [-0.2, -0.15) is 0 Å². The molecule has 2 N–H and O–H groups in total. The minimum Gasteiger partial charge on any atom is -0.369 e. The Hall–Kier alpha value is -0.650. The van der Waals surface area contributed by atoms with Gasteiger partial charge in [0.05, 0.1) is 18.3 Å². The highest BCUT2D eigenvalue weighted by Gasteiger charge is 2.28. The molecule has 0 aromatic heterocycles. The summed E-state index contributed by atoms with van der Waals surface area (Å²) < 4.78 is 11.2. The Morgan fingerprint density at radius 2 is 2.33 bits per heavy atom. The van der Waals surface area contributed by atoms with Gasteiger partial charge >= 0.3 is 0 Å². The van der Waals surface area contributed by atoms with Crippen LogP contribution in [0.15, 0.2) is 0 Å². The Kier molecular flexibility index (Phi) is 6.05. The van der Waals surface area contributed by atoms with E-state index >= 15 is 0 Å². The third kappa shape index (κ3) is 5.80. The monoisotopic (exact) mass is 258 g/mol. The molecule has 2 unspecified atom stereocenters. The lowest BCUT2D eigenvalue weighted by atomic mass is 10.1. The molecular formula is C13H26N2O3. The fraction of sp³-hybridized carbons (Fsp3) is 0.923. The lowest BCUT2D eigenvalue weighted by Crippen LogP contribution is -2.52. The second-order valence-electron chi connectivity index (χ2n) is 5.52. The molecule has 0 bridgehead atoms. The number of rotatable bonds is 6. The second-order valence-corrected chi connectivity index (χ2v) is 5.52. The standard InChI is InChI=1S/C13H26N2O3/c1-5-10(2)15-12(16)8-17-7-11-6-14-9-13(3,4)18-11/h10-11,14H,5-9H2,1-4H3,(H,15,16). The Morgan fingerprint density at radius 3 is 2.94 bits per heavy atom. The molecule has 2 atom stereocenters. The van der Waals surface area contributed by atoms with Crippen molar-refractivity contribution >= 4 is 5.91 Å². The summed E-state index contributed by atoms with van der Waals surface area (Å²) in [6.45, 7) is 10.3. The Morgan fingerprint density at radius 1 is 1.61 bits per heavy atom. The van der Waals surface area contributed by atoms with E-state index in [1.807, 2.05) is 27.7 Å². The first kappa shape index (κ1) is 15.4. The SMILES string of the molecule is CCC(C)NC(=O)COCC1CNCC(C)(C)O1. The van der Waals surface area contributed by atoms with Gasteiger partial charge in [-0.05, 0) is 27.2 Å². The molecule has 1 saturated heterocycles. The average Bonchev–Trinajstić information content (AvgIpc) is 2.27. The molecule has 0 aromatic carbocycles. The summed E-state index contributed by atoms with van der Waals surface area (Å²) in [7, 11) is 0. The third-order valence-electron chi connectivity index (χ3n) is 2.97. The van der Waals surface area contributed by atoms with Crippen molar-refractivity contribution in [2.24, 2.45) is 0 Å². The van der Waals surface area contributed by atoms with Crippen LogP contribution in [0.2, 0.25) is 0 Å². The molecule has 0 radical (unpaired) electrons. The van der Waals surface area contributed by atoms with Crippen molar-refractivity contribution in [2.75, 3.05) is 26.3 Å². The van der Waals surface area contributed by atoms with Crippen molar-refractivity contribution in [1.29, 1.82) is 0 Å². The van der Waals surface area contributed by atoms with Crippen LogP contribution in [-0.4, -0.2) is 50.0 Å². The van der Waals surface area contributed by atoms with E-state index in [2.05, 4.69) is 10.6 Å². The molecule has 5 heteroatoms. The van der Waals surface area contributed by atoms with E-state index < -0.39 is 0 Å². The van der Waals surface area contributed by atoms with Crippen LogP contribution in [0.25, 0.3) is 0 Å². The van der Waals surface area contributed by atoms with E-state index in [1.54, 1.807) is 0 Å². The topological polar surface area (TPSA) is 59.6 Å². The zero-order valence-corrected chi connectivity index (χ0v) is 11.9. The molecule has 0 saturated carbocycles. The zero-order chi connectivity index (χ0) is 13.6. The number of nitrogens with one attached hydrogen (secondary N) is 2. The van der Waals surface area contributed by atoms with Gasteiger partial charge in [-0.25, -0.2) is 0 Å². The molecular weight excluding hydrogens is 232 g/mol. The summed E-state index contributed by atoms with van der Waals surface area (Å²) in [5.74, 6) is -0.0626. The van der Waals surface area contributed by atoms with Crippen molar-refractivity contribution in [3.63, 3.8) is 0 Å². The summed E-state index contributed by atoms with van der Waals surface area (Å²) in [4.78, 5) is 11.5. The predicted octanol–water partition coefficient (Wildman–Crippen LogP) is 0.685. The van der Waals surface area contributed by atoms with Crippen LogP contribution in [0.4, 0.5) is 0 Å². The Bertz CT molecular complexity index is 269.